The number of amides is 1. The van der Waals surface area contributed by atoms with Crippen molar-refractivity contribution >= 4 is 40.4 Å². The number of nitrogens with zero attached hydrogens (tertiary/aromatic N) is 1. The predicted molar refractivity (Wildman–Crippen MR) is 129 cm³/mol. The molecule has 0 saturated heterocycles. The van der Waals surface area contributed by atoms with Gasteiger partial charge in [-0.2, -0.15) is 0 Å². The van der Waals surface area contributed by atoms with Crippen molar-refractivity contribution in [1.29, 1.82) is 0 Å². The highest BCUT2D eigenvalue weighted by atomic mass is 33.1. The van der Waals surface area contributed by atoms with E-state index in [2.05, 4.69) is 13.2 Å². The van der Waals surface area contributed by atoms with Gasteiger partial charge in [0.2, 0.25) is 5.55 Å². The van der Waals surface area contributed by atoms with Crippen LogP contribution in [0.1, 0.15) is 18.9 Å². The van der Waals surface area contributed by atoms with E-state index in [0.29, 0.717) is 18.1 Å². The maximum absolute atomic E-state index is 13.5. The second-order valence-corrected chi connectivity index (χ2v) is 14.7. The molecule has 0 aliphatic carbocycles. The lowest BCUT2D eigenvalue weighted by molar-refractivity contribution is -0.143. The lowest BCUT2D eigenvalue weighted by Crippen LogP contribution is -2.46. The molecule has 1 rings (SSSR count). The number of aliphatic carboxylic acids is 1. The summed E-state index contributed by atoms with van der Waals surface area (Å²) < 4.78 is 24.2. The molecular formula is C21H30NO6PS2. The fourth-order valence-corrected chi connectivity index (χ4v) is 9.29. The molecule has 172 valence electrons. The standard InChI is InChI=1S/C21H30NO6PS2/c1-4-14-30-29(26,31-15-5-2)17-22(19(20(23)24)12-13-27-6-3)21(25)28-16-18-10-8-7-9-11-18/h4-5,7-11,19H,1-2,6,12-17H2,3H3,(H,23,24). The summed E-state index contributed by atoms with van der Waals surface area (Å²) >= 11 is 2.32. The summed E-state index contributed by atoms with van der Waals surface area (Å²) in [5.41, 5.74) is -2.31. The topological polar surface area (TPSA) is 93.1 Å². The molecule has 1 unspecified atom stereocenters. The van der Waals surface area contributed by atoms with Gasteiger partial charge in [0.25, 0.3) is 0 Å². The van der Waals surface area contributed by atoms with E-state index in [-0.39, 0.29) is 25.9 Å². The van der Waals surface area contributed by atoms with Crippen LogP contribution in [0.3, 0.4) is 0 Å². The van der Waals surface area contributed by atoms with Crippen LogP contribution in [0.5, 0.6) is 0 Å². The molecule has 0 bridgehead atoms. The molecule has 1 N–H and O–H groups in total. The van der Waals surface area contributed by atoms with E-state index in [1.165, 1.54) is 0 Å². The van der Waals surface area contributed by atoms with Gasteiger partial charge < -0.3 is 14.6 Å². The summed E-state index contributed by atoms with van der Waals surface area (Å²) in [6.45, 7) is 9.65. The number of carbonyl (C=O) groups is 2. The van der Waals surface area contributed by atoms with Crippen molar-refractivity contribution in [3.05, 3.63) is 61.2 Å². The maximum Gasteiger partial charge on any atom is 0.411 e. The molecule has 0 aromatic heterocycles. The highest BCUT2D eigenvalue weighted by Crippen LogP contribution is 2.69. The van der Waals surface area contributed by atoms with Crippen molar-refractivity contribution in [2.45, 2.75) is 26.0 Å². The van der Waals surface area contributed by atoms with Gasteiger partial charge in [0, 0.05) is 31.1 Å². The van der Waals surface area contributed by atoms with Crippen LogP contribution in [0.4, 0.5) is 4.79 Å². The SMILES string of the molecule is C=CCSP(=O)(CN(C(=O)OCc1ccccc1)C(CCOCC)C(=O)O)SCC=C. The Bertz CT molecular complexity index is 745. The summed E-state index contributed by atoms with van der Waals surface area (Å²) in [5, 5.41) is 9.79. The number of benzene rings is 1. The van der Waals surface area contributed by atoms with Crippen molar-refractivity contribution in [3.63, 3.8) is 0 Å². The van der Waals surface area contributed by atoms with Gasteiger partial charge in [-0.25, -0.2) is 9.59 Å². The van der Waals surface area contributed by atoms with E-state index in [1.54, 1.807) is 31.2 Å². The lowest BCUT2D eigenvalue weighted by Gasteiger charge is -2.31. The molecule has 0 radical (unpaired) electrons. The van der Waals surface area contributed by atoms with Gasteiger partial charge in [-0.1, -0.05) is 65.2 Å². The van der Waals surface area contributed by atoms with Crippen LogP contribution in [0.2, 0.25) is 0 Å². The van der Waals surface area contributed by atoms with Crippen molar-refractivity contribution in [2.75, 3.05) is 31.0 Å². The molecule has 0 fully saturated rings. The van der Waals surface area contributed by atoms with E-state index in [0.717, 1.165) is 33.2 Å². The van der Waals surface area contributed by atoms with Gasteiger partial charge in [0.05, 0.1) is 6.29 Å². The van der Waals surface area contributed by atoms with Crippen LogP contribution in [0.25, 0.3) is 0 Å². The zero-order chi connectivity index (χ0) is 23.1. The highest BCUT2D eigenvalue weighted by Gasteiger charge is 2.37. The Hall–Kier alpha value is -1.67. The van der Waals surface area contributed by atoms with Crippen molar-refractivity contribution in [1.82, 2.24) is 4.90 Å². The third kappa shape index (κ3) is 10.5. The van der Waals surface area contributed by atoms with E-state index in [9.17, 15) is 19.3 Å². The van der Waals surface area contributed by atoms with Crippen LogP contribution in [-0.4, -0.2) is 59.1 Å². The molecule has 7 nitrogen and oxygen atoms in total. The molecular weight excluding hydrogens is 457 g/mol. The van der Waals surface area contributed by atoms with Gasteiger partial charge in [-0.05, 0) is 12.5 Å². The van der Waals surface area contributed by atoms with Crippen LogP contribution in [-0.2, 0) is 25.4 Å². The molecule has 31 heavy (non-hydrogen) atoms. The maximum atomic E-state index is 13.5. The summed E-state index contributed by atoms with van der Waals surface area (Å²) in [6.07, 6.45) is 2.22. The Kier molecular flexibility index (Phi) is 13.4. The summed E-state index contributed by atoms with van der Waals surface area (Å²) in [5.74, 6) is -0.388. The summed E-state index contributed by atoms with van der Waals surface area (Å²) in [7, 11) is 0. The molecule has 0 aliphatic heterocycles. The third-order valence-corrected chi connectivity index (χ3v) is 12.0. The van der Waals surface area contributed by atoms with Crippen molar-refractivity contribution in [2.24, 2.45) is 0 Å². The van der Waals surface area contributed by atoms with Crippen LogP contribution in [0.15, 0.2) is 55.6 Å². The van der Waals surface area contributed by atoms with E-state index in [4.69, 9.17) is 9.47 Å². The quantitative estimate of drug-likeness (QED) is 0.186. The Morgan fingerprint density at radius 2 is 1.81 bits per heavy atom. The van der Waals surface area contributed by atoms with Gasteiger partial charge in [0.1, 0.15) is 12.6 Å². The molecule has 10 heteroatoms. The lowest BCUT2D eigenvalue weighted by atomic mass is 10.2. The molecule has 1 aromatic rings. The molecule has 1 aromatic carbocycles. The summed E-state index contributed by atoms with van der Waals surface area (Å²) in [6, 6.07) is 7.84. The molecule has 1 amide bonds. The average Bonchev–Trinajstić information content (AvgIpc) is 2.77. The molecule has 0 spiro atoms. The Morgan fingerprint density at radius 3 is 2.32 bits per heavy atom. The largest absolute Gasteiger partial charge is 0.480 e. The number of carboxylic acid groups (broad SMARTS) is 1. The van der Waals surface area contributed by atoms with E-state index in [1.807, 2.05) is 18.2 Å². The van der Waals surface area contributed by atoms with Gasteiger partial charge in [0.15, 0.2) is 0 Å². The minimum Gasteiger partial charge on any atom is -0.480 e. The fraction of sp³-hybridized carbons (Fsp3) is 0.429. The molecule has 0 aliphatic rings. The average molecular weight is 488 g/mol. The minimum absolute atomic E-state index is 0.0160. The third-order valence-electron chi connectivity index (χ3n) is 3.94. The first kappa shape index (κ1) is 27.4. The number of hydrogen-bond donors (Lipinski definition) is 1. The van der Waals surface area contributed by atoms with Crippen molar-refractivity contribution < 1.29 is 28.7 Å². The Balaban J connectivity index is 3.10. The highest BCUT2D eigenvalue weighted by molar-refractivity contribution is 8.90. The second-order valence-electron chi connectivity index (χ2n) is 6.27. The number of rotatable bonds is 16. The summed E-state index contributed by atoms with van der Waals surface area (Å²) in [4.78, 5) is 26.0. The van der Waals surface area contributed by atoms with Gasteiger partial charge in [-0.15, -0.1) is 13.2 Å². The number of carbonyl (C=O) groups excluding carboxylic acids is 1. The smallest absolute Gasteiger partial charge is 0.411 e. The van der Waals surface area contributed by atoms with Gasteiger partial charge >= 0.3 is 12.1 Å². The Labute approximate surface area is 192 Å². The minimum atomic E-state index is -3.08. The first-order chi connectivity index (χ1) is 14.9. The van der Waals surface area contributed by atoms with Gasteiger partial charge in [-0.3, -0.25) is 9.46 Å². The van der Waals surface area contributed by atoms with Crippen LogP contribution >= 0.6 is 28.3 Å². The predicted octanol–water partition coefficient (Wildman–Crippen LogP) is 5.49. The normalized spacial score (nSPS) is 12.0. The zero-order valence-corrected chi connectivity index (χ0v) is 20.2. The number of ether oxygens (including phenoxy) is 2. The molecule has 0 saturated carbocycles. The fourth-order valence-electron chi connectivity index (χ4n) is 2.48. The zero-order valence-electron chi connectivity index (χ0n) is 17.7. The monoisotopic (exact) mass is 487 g/mol. The number of carboxylic acids is 1. The molecule has 1 atom stereocenters. The van der Waals surface area contributed by atoms with E-state index < -0.39 is 23.7 Å². The van der Waals surface area contributed by atoms with Crippen LogP contribution < -0.4 is 0 Å². The van der Waals surface area contributed by atoms with E-state index >= 15 is 0 Å². The van der Waals surface area contributed by atoms with Crippen LogP contribution in [0, 0.1) is 0 Å². The second kappa shape index (κ2) is 15.2. The number of hydrogen-bond acceptors (Lipinski definition) is 7. The Morgan fingerprint density at radius 1 is 1.19 bits per heavy atom. The first-order valence-electron chi connectivity index (χ1n) is 9.74. The molecule has 0 heterocycles. The first-order valence-corrected chi connectivity index (χ1v) is 14.8. The van der Waals surface area contributed by atoms with Crippen molar-refractivity contribution in [3.8, 4) is 0 Å².